The normalized spacial score (nSPS) is 12.1. The summed E-state index contributed by atoms with van der Waals surface area (Å²) in [5.74, 6) is -0.899. The van der Waals surface area contributed by atoms with Crippen LogP contribution in [-0.2, 0) is 28.6 Å². The van der Waals surface area contributed by atoms with Gasteiger partial charge in [-0.25, -0.2) is 0 Å². The Morgan fingerprint density at radius 2 is 0.750 bits per heavy atom. The van der Waals surface area contributed by atoms with Crippen molar-refractivity contribution in [3.05, 3.63) is 24.3 Å². The van der Waals surface area contributed by atoms with Gasteiger partial charge in [0.05, 0.1) is 0 Å². The first-order valence-corrected chi connectivity index (χ1v) is 20.3. The third-order valence-corrected chi connectivity index (χ3v) is 8.71. The maximum atomic E-state index is 12.5. The maximum Gasteiger partial charge on any atom is 0.306 e. The molecule has 0 bridgehead atoms. The molecule has 0 radical (unpaired) electrons. The summed E-state index contributed by atoms with van der Waals surface area (Å²) < 4.78 is 16.5. The minimum Gasteiger partial charge on any atom is -0.462 e. The average Bonchev–Trinajstić information content (AvgIpc) is 3.08. The molecule has 6 heteroatoms. The Morgan fingerprint density at radius 3 is 1.19 bits per heavy atom. The standard InChI is InChI=1S/C42H76O6/c1-4-7-10-13-16-17-18-19-20-21-22-23-24-25-27-29-32-35-41(44)47-38-39(37-46-40(43)34-31-28-15-12-9-6-3)48-42(45)36-33-30-26-14-11-8-5-2/h16-17,19-20,39H,4-15,18,21-38H2,1-3H3/b17-16-,20-19-. The van der Waals surface area contributed by atoms with Crippen LogP contribution in [0, 0.1) is 0 Å². The lowest BCUT2D eigenvalue weighted by Gasteiger charge is -2.18. The number of hydrogen-bond donors (Lipinski definition) is 0. The van der Waals surface area contributed by atoms with Crippen LogP contribution in [0.1, 0.15) is 207 Å². The maximum absolute atomic E-state index is 12.5. The molecule has 0 heterocycles. The van der Waals surface area contributed by atoms with Gasteiger partial charge in [-0.1, -0.05) is 161 Å². The monoisotopic (exact) mass is 677 g/mol. The molecule has 0 fully saturated rings. The highest BCUT2D eigenvalue weighted by atomic mass is 16.6. The quantitative estimate of drug-likeness (QED) is 0.0284. The number of carbonyl (C=O) groups is 3. The number of carbonyl (C=O) groups excluding carboxylic acids is 3. The van der Waals surface area contributed by atoms with Crippen LogP contribution < -0.4 is 0 Å². The fraction of sp³-hybridized carbons (Fsp3) is 0.833. The predicted octanol–water partition coefficient (Wildman–Crippen LogP) is 12.5. The molecule has 6 nitrogen and oxygen atoms in total. The Kier molecular flexibility index (Phi) is 36.0. The first-order valence-electron chi connectivity index (χ1n) is 20.3. The van der Waals surface area contributed by atoms with Gasteiger partial charge in [-0.15, -0.1) is 0 Å². The van der Waals surface area contributed by atoms with Gasteiger partial charge >= 0.3 is 17.9 Å². The fourth-order valence-electron chi connectivity index (χ4n) is 5.59. The molecule has 0 spiro atoms. The molecule has 280 valence electrons. The number of allylic oxidation sites excluding steroid dienone is 4. The van der Waals surface area contributed by atoms with E-state index in [9.17, 15) is 14.4 Å². The summed E-state index contributed by atoms with van der Waals surface area (Å²) >= 11 is 0. The summed E-state index contributed by atoms with van der Waals surface area (Å²) in [5.41, 5.74) is 0. The van der Waals surface area contributed by atoms with Crippen molar-refractivity contribution in [2.24, 2.45) is 0 Å². The van der Waals surface area contributed by atoms with E-state index in [4.69, 9.17) is 14.2 Å². The van der Waals surface area contributed by atoms with Gasteiger partial charge in [0.2, 0.25) is 0 Å². The minimum absolute atomic E-state index is 0.0727. The number of esters is 3. The second kappa shape index (κ2) is 37.7. The smallest absolute Gasteiger partial charge is 0.306 e. The average molecular weight is 677 g/mol. The second-order valence-electron chi connectivity index (χ2n) is 13.6. The van der Waals surface area contributed by atoms with Crippen LogP contribution in [0.15, 0.2) is 24.3 Å². The SMILES string of the molecule is CCCCC/C=C\C/C=C\CCCCCCCCCC(=O)OCC(COC(=O)CCCCCCCC)OC(=O)CCCCCCCCC. The zero-order valence-electron chi connectivity index (χ0n) is 31.8. The van der Waals surface area contributed by atoms with E-state index < -0.39 is 6.10 Å². The van der Waals surface area contributed by atoms with Gasteiger partial charge in [-0.2, -0.15) is 0 Å². The number of unbranched alkanes of at least 4 members (excludes halogenated alkanes) is 21. The number of rotatable bonds is 36. The van der Waals surface area contributed by atoms with E-state index in [1.807, 2.05) is 0 Å². The summed E-state index contributed by atoms with van der Waals surface area (Å²) in [6.45, 7) is 6.48. The molecule has 0 saturated carbocycles. The molecule has 0 aliphatic carbocycles. The van der Waals surface area contributed by atoms with Crippen molar-refractivity contribution in [2.75, 3.05) is 13.2 Å². The molecular weight excluding hydrogens is 600 g/mol. The van der Waals surface area contributed by atoms with Gasteiger partial charge in [-0.05, 0) is 51.4 Å². The highest BCUT2D eigenvalue weighted by Crippen LogP contribution is 2.13. The van der Waals surface area contributed by atoms with E-state index in [0.29, 0.717) is 19.3 Å². The summed E-state index contributed by atoms with van der Waals surface area (Å²) in [5, 5.41) is 0. The van der Waals surface area contributed by atoms with Gasteiger partial charge in [0.15, 0.2) is 6.10 Å². The summed E-state index contributed by atoms with van der Waals surface area (Å²) in [4.78, 5) is 37.2. The zero-order valence-corrected chi connectivity index (χ0v) is 31.8. The molecule has 0 aromatic heterocycles. The van der Waals surface area contributed by atoms with Crippen LogP contribution in [0.5, 0.6) is 0 Å². The van der Waals surface area contributed by atoms with E-state index in [2.05, 4.69) is 45.1 Å². The molecular formula is C42H76O6. The lowest BCUT2D eigenvalue weighted by molar-refractivity contribution is -0.167. The fourth-order valence-corrected chi connectivity index (χ4v) is 5.59. The van der Waals surface area contributed by atoms with E-state index in [0.717, 1.165) is 70.6 Å². The molecule has 1 atom stereocenters. The molecule has 1 unspecified atom stereocenters. The second-order valence-corrected chi connectivity index (χ2v) is 13.6. The largest absolute Gasteiger partial charge is 0.462 e. The van der Waals surface area contributed by atoms with Crippen LogP contribution in [0.2, 0.25) is 0 Å². The highest BCUT2D eigenvalue weighted by molar-refractivity contribution is 5.71. The van der Waals surface area contributed by atoms with E-state index in [-0.39, 0.29) is 31.1 Å². The first-order chi connectivity index (χ1) is 23.5. The van der Waals surface area contributed by atoms with E-state index >= 15 is 0 Å². The van der Waals surface area contributed by atoms with Crippen molar-refractivity contribution in [3.8, 4) is 0 Å². The summed E-state index contributed by atoms with van der Waals surface area (Å²) in [6, 6.07) is 0. The molecule has 0 aliphatic rings. The Morgan fingerprint density at radius 1 is 0.417 bits per heavy atom. The van der Waals surface area contributed by atoms with Crippen molar-refractivity contribution < 1.29 is 28.6 Å². The lowest BCUT2D eigenvalue weighted by atomic mass is 10.1. The van der Waals surface area contributed by atoms with Crippen LogP contribution >= 0.6 is 0 Å². The Balaban J connectivity index is 4.19. The van der Waals surface area contributed by atoms with Crippen LogP contribution in [0.25, 0.3) is 0 Å². The molecule has 0 amide bonds. The van der Waals surface area contributed by atoms with Gasteiger partial charge < -0.3 is 14.2 Å². The third kappa shape index (κ3) is 35.2. The number of ether oxygens (including phenoxy) is 3. The van der Waals surface area contributed by atoms with Crippen molar-refractivity contribution in [3.63, 3.8) is 0 Å². The van der Waals surface area contributed by atoms with E-state index in [1.165, 1.54) is 96.3 Å². The molecule has 0 aromatic carbocycles. The predicted molar refractivity (Wildman–Crippen MR) is 201 cm³/mol. The first kappa shape index (κ1) is 45.9. The zero-order chi connectivity index (χ0) is 35.2. The Labute approximate surface area is 296 Å². The van der Waals surface area contributed by atoms with Gasteiger partial charge in [0.25, 0.3) is 0 Å². The molecule has 0 saturated heterocycles. The summed E-state index contributed by atoms with van der Waals surface area (Å²) in [7, 11) is 0. The van der Waals surface area contributed by atoms with Crippen molar-refractivity contribution in [2.45, 2.75) is 213 Å². The minimum atomic E-state index is -0.763. The van der Waals surface area contributed by atoms with Gasteiger partial charge in [0.1, 0.15) is 13.2 Å². The van der Waals surface area contributed by atoms with E-state index in [1.54, 1.807) is 0 Å². The van der Waals surface area contributed by atoms with Crippen molar-refractivity contribution >= 4 is 17.9 Å². The van der Waals surface area contributed by atoms with Crippen LogP contribution in [0.4, 0.5) is 0 Å². The summed E-state index contributed by atoms with van der Waals surface area (Å²) in [6.07, 6.45) is 39.0. The third-order valence-electron chi connectivity index (χ3n) is 8.71. The molecule has 0 rings (SSSR count). The molecule has 48 heavy (non-hydrogen) atoms. The van der Waals surface area contributed by atoms with Crippen molar-refractivity contribution in [1.29, 1.82) is 0 Å². The number of hydrogen-bond acceptors (Lipinski definition) is 6. The molecule has 0 aliphatic heterocycles. The molecule has 0 N–H and O–H groups in total. The van der Waals surface area contributed by atoms with Gasteiger partial charge in [-0.3, -0.25) is 14.4 Å². The Hall–Kier alpha value is -2.11. The topological polar surface area (TPSA) is 78.9 Å². The Bertz CT molecular complexity index is 789. The van der Waals surface area contributed by atoms with Gasteiger partial charge in [0, 0.05) is 19.3 Å². The lowest BCUT2D eigenvalue weighted by Crippen LogP contribution is -2.30. The van der Waals surface area contributed by atoms with Crippen LogP contribution in [-0.4, -0.2) is 37.2 Å². The van der Waals surface area contributed by atoms with Crippen LogP contribution in [0.3, 0.4) is 0 Å². The molecule has 0 aromatic rings. The highest BCUT2D eigenvalue weighted by Gasteiger charge is 2.19. The van der Waals surface area contributed by atoms with Crippen molar-refractivity contribution in [1.82, 2.24) is 0 Å².